The molecule has 0 radical (unpaired) electrons. The zero-order chi connectivity index (χ0) is 19.0. The second-order valence-corrected chi connectivity index (χ2v) is 8.57. The van der Waals surface area contributed by atoms with Crippen molar-refractivity contribution in [3.63, 3.8) is 0 Å². The van der Waals surface area contributed by atoms with E-state index in [0.717, 1.165) is 49.7 Å². The van der Waals surface area contributed by atoms with E-state index in [9.17, 15) is 4.79 Å². The van der Waals surface area contributed by atoms with Gasteiger partial charge in [0.25, 0.3) is 0 Å². The van der Waals surface area contributed by atoms with Gasteiger partial charge in [-0.1, -0.05) is 6.07 Å². The molecule has 0 bridgehead atoms. The summed E-state index contributed by atoms with van der Waals surface area (Å²) in [7, 11) is 0. The number of hydrogen-bond donors (Lipinski definition) is 0. The first kappa shape index (κ1) is 18.0. The molecule has 2 heterocycles. The lowest BCUT2D eigenvalue weighted by atomic mass is 10.0. The fraction of sp³-hybridized carbons (Fsp3) is 0.571. The van der Waals surface area contributed by atoms with E-state index in [2.05, 4.69) is 20.9 Å². The summed E-state index contributed by atoms with van der Waals surface area (Å²) in [6.45, 7) is 7.64. The summed E-state index contributed by atoms with van der Waals surface area (Å²) in [5.74, 6) is 0. The van der Waals surface area contributed by atoms with E-state index in [4.69, 9.17) is 4.74 Å². The summed E-state index contributed by atoms with van der Waals surface area (Å²) in [6.07, 6.45) is 7.44. The Hall–Kier alpha value is -2.37. The van der Waals surface area contributed by atoms with Crippen LogP contribution in [0.1, 0.15) is 46.5 Å². The van der Waals surface area contributed by atoms with Crippen molar-refractivity contribution in [1.29, 1.82) is 0 Å². The number of fused-ring (bicyclic) bond motifs is 1. The molecule has 1 amide bonds. The summed E-state index contributed by atoms with van der Waals surface area (Å²) in [5.41, 5.74) is 1.70. The molecular weight excluding hydrogens is 340 g/mol. The van der Waals surface area contributed by atoms with Crippen LogP contribution in [0.2, 0.25) is 0 Å². The molecular formula is C21H28N4O2. The molecule has 144 valence electrons. The second kappa shape index (κ2) is 6.98. The van der Waals surface area contributed by atoms with Gasteiger partial charge in [-0.15, -0.1) is 0 Å². The average Bonchev–Trinajstić information content (AvgIpc) is 3.45. The Morgan fingerprint density at radius 1 is 1.15 bits per heavy atom. The van der Waals surface area contributed by atoms with Gasteiger partial charge in [-0.05, 0) is 58.6 Å². The number of anilines is 1. The summed E-state index contributed by atoms with van der Waals surface area (Å²) < 4.78 is 5.68. The minimum Gasteiger partial charge on any atom is -0.444 e. The maximum absolute atomic E-state index is 12.7. The molecule has 1 aliphatic heterocycles. The van der Waals surface area contributed by atoms with Gasteiger partial charge in [-0.25, -0.2) is 14.8 Å². The molecule has 6 heteroatoms. The molecule has 0 N–H and O–H groups in total. The summed E-state index contributed by atoms with van der Waals surface area (Å²) in [6, 6.07) is 6.83. The molecule has 0 unspecified atom stereocenters. The number of amides is 1. The van der Waals surface area contributed by atoms with Gasteiger partial charge < -0.3 is 14.5 Å². The minimum atomic E-state index is -0.451. The van der Waals surface area contributed by atoms with Crippen LogP contribution in [0.3, 0.4) is 0 Å². The fourth-order valence-electron chi connectivity index (χ4n) is 3.91. The number of benzene rings is 1. The first-order valence-corrected chi connectivity index (χ1v) is 9.87. The fourth-order valence-corrected chi connectivity index (χ4v) is 3.91. The van der Waals surface area contributed by atoms with E-state index in [1.165, 1.54) is 5.69 Å². The van der Waals surface area contributed by atoms with E-state index in [-0.39, 0.29) is 12.1 Å². The van der Waals surface area contributed by atoms with Crippen LogP contribution in [0, 0.1) is 0 Å². The molecule has 1 saturated carbocycles. The number of nitrogens with zero attached hydrogens (tertiary/aromatic N) is 4. The molecule has 27 heavy (non-hydrogen) atoms. The van der Waals surface area contributed by atoms with Crippen molar-refractivity contribution in [2.45, 2.75) is 64.1 Å². The Kier molecular flexibility index (Phi) is 4.66. The van der Waals surface area contributed by atoms with E-state index >= 15 is 0 Å². The predicted octanol–water partition coefficient (Wildman–Crippen LogP) is 4.00. The Labute approximate surface area is 160 Å². The first-order chi connectivity index (χ1) is 12.9. The molecule has 2 fully saturated rings. The van der Waals surface area contributed by atoms with Crippen LogP contribution in [-0.2, 0) is 4.74 Å². The number of rotatable bonds is 3. The molecule has 1 aromatic heterocycles. The maximum Gasteiger partial charge on any atom is 0.410 e. The van der Waals surface area contributed by atoms with Gasteiger partial charge in [0.15, 0.2) is 0 Å². The van der Waals surface area contributed by atoms with Crippen LogP contribution in [-0.4, -0.2) is 51.7 Å². The molecule has 4 rings (SSSR count). The van der Waals surface area contributed by atoms with Crippen molar-refractivity contribution in [2.75, 3.05) is 18.0 Å². The largest absolute Gasteiger partial charge is 0.444 e. The Balaban J connectivity index is 1.47. The number of aromatic nitrogens is 2. The van der Waals surface area contributed by atoms with Crippen LogP contribution >= 0.6 is 0 Å². The number of carbonyl (C=O) groups is 1. The van der Waals surface area contributed by atoms with Crippen molar-refractivity contribution in [1.82, 2.24) is 14.9 Å². The predicted molar refractivity (Wildman–Crippen MR) is 106 cm³/mol. The van der Waals surface area contributed by atoms with Gasteiger partial charge in [0.05, 0.1) is 5.52 Å². The van der Waals surface area contributed by atoms with Crippen molar-refractivity contribution in [3.8, 4) is 0 Å². The van der Waals surface area contributed by atoms with Crippen molar-refractivity contribution >= 4 is 22.7 Å². The van der Waals surface area contributed by atoms with E-state index in [0.29, 0.717) is 6.04 Å². The average molecular weight is 368 g/mol. The SMILES string of the molecule is CC(C)(C)OC(=O)N(C1CC1)C1CCN(c2cccc3ncncc23)CC1. The van der Waals surface area contributed by atoms with Gasteiger partial charge in [-0.3, -0.25) is 0 Å². The smallest absolute Gasteiger partial charge is 0.410 e. The third kappa shape index (κ3) is 3.99. The molecule has 6 nitrogen and oxygen atoms in total. The zero-order valence-corrected chi connectivity index (χ0v) is 16.4. The highest BCUT2D eigenvalue weighted by molar-refractivity contribution is 5.91. The van der Waals surface area contributed by atoms with Crippen LogP contribution < -0.4 is 4.90 Å². The highest BCUT2D eigenvalue weighted by Gasteiger charge is 2.40. The maximum atomic E-state index is 12.7. The van der Waals surface area contributed by atoms with Crippen molar-refractivity contribution in [2.24, 2.45) is 0 Å². The van der Waals surface area contributed by atoms with Crippen LogP contribution in [0.5, 0.6) is 0 Å². The number of ether oxygens (including phenoxy) is 1. The zero-order valence-electron chi connectivity index (χ0n) is 16.4. The summed E-state index contributed by atoms with van der Waals surface area (Å²) in [5, 5.41) is 1.09. The molecule has 1 saturated heterocycles. The van der Waals surface area contributed by atoms with E-state index < -0.39 is 5.60 Å². The molecule has 0 atom stereocenters. The lowest BCUT2D eigenvalue weighted by molar-refractivity contribution is 0.0114. The molecule has 1 aliphatic carbocycles. The van der Waals surface area contributed by atoms with Gasteiger partial charge in [0.1, 0.15) is 11.9 Å². The molecule has 2 aromatic rings. The van der Waals surface area contributed by atoms with Crippen molar-refractivity contribution < 1.29 is 9.53 Å². The van der Waals surface area contributed by atoms with Crippen molar-refractivity contribution in [3.05, 3.63) is 30.7 Å². The third-order valence-electron chi connectivity index (χ3n) is 5.27. The number of piperidine rings is 1. The standard InChI is InChI=1S/C21H28N4O2/c1-21(2,3)27-20(26)25(15-7-8-15)16-9-11-24(12-10-16)19-6-4-5-18-17(19)13-22-14-23-18/h4-6,13-16H,7-12H2,1-3H3. The highest BCUT2D eigenvalue weighted by atomic mass is 16.6. The van der Waals surface area contributed by atoms with Gasteiger partial charge in [0.2, 0.25) is 0 Å². The van der Waals surface area contributed by atoms with Crippen LogP contribution in [0.15, 0.2) is 30.7 Å². The Bertz CT molecular complexity index is 815. The van der Waals surface area contributed by atoms with E-state index in [1.807, 2.05) is 44.0 Å². The normalized spacial score (nSPS) is 18.6. The van der Waals surface area contributed by atoms with Gasteiger partial charge >= 0.3 is 6.09 Å². The molecule has 0 spiro atoms. The number of carbonyl (C=O) groups excluding carboxylic acids is 1. The highest BCUT2D eigenvalue weighted by Crippen LogP contribution is 2.35. The minimum absolute atomic E-state index is 0.151. The van der Waals surface area contributed by atoms with E-state index in [1.54, 1.807) is 6.33 Å². The lowest BCUT2D eigenvalue weighted by Crippen LogP contribution is -2.50. The van der Waals surface area contributed by atoms with Crippen LogP contribution in [0.4, 0.5) is 10.5 Å². The summed E-state index contributed by atoms with van der Waals surface area (Å²) >= 11 is 0. The number of hydrogen-bond acceptors (Lipinski definition) is 5. The Morgan fingerprint density at radius 2 is 1.85 bits per heavy atom. The Morgan fingerprint density at radius 3 is 2.52 bits per heavy atom. The van der Waals surface area contributed by atoms with Gasteiger partial charge in [-0.2, -0.15) is 0 Å². The molecule has 2 aliphatic rings. The topological polar surface area (TPSA) is 58.6 Å². The first-order valence-electron chi connectivity index (χ1n) is 9.87. The molecule has 1 aromatic carbocycles. The second-order valence-electron chi connectivity index (χ2n) is 8.57. The monoisotopic (exact) mass is 368 g/mol. The summed E-state index contributed by atoms with van der Waals surface area (Å²) in [4.78, 5) is 25.7. The van der Waals surface area contributed by atoms with Gasteiger partial charge in [0, 0.05) is 42.4 Å². The van der Waals surface area contributed by atoms with Crippen LogP contribution in [0.25, 0.3) is 10.9 Å². The quantitative estimate of drug-likeness (QED) is 0.820. The lowest BCUT2D eigenvalue weighted by Gasteiger charge is -2.40. The third-order valence-corrected chi connectivity index (χ3v) is 5.27.